The molecular formula is C27H19NO3. The van der Waals surface area contributed by atoms with Crippen LogP contribution in [0.5, 0.6) is 5.75 Å². The van der Waals surface area contributed by atoms with Gasteiger partial charge in [0.05, 0.1) is 17.2 Å². The molecule has 1 N–H and O–H groups in total. The van der Waals surface area contributed by atoms with Gasteiger partial charge in [-0.2, -0.15) is 5.26 Å². The SMILES string of the molecule is N#C/C(=C/c1ccc(OCc2cccc3ccccc23)cc1)c1ccc(C(=O)O)cc1. The van der Waals surface area contributed by atoms with E-state index in [1.165, 1.54) is 22.9 Å². The topological polar surface area (TPSA) is 70.3 Å². The first-order valence-corrected chi connectivity index (χ1v) is 9.79. The monoisotopic (exact) mass is 405 g/mol. The van der Waals surface area contributed by atoms with Gasteiger partial charge in [0, 0.05) is 0 Å². The molecule has 0 unspecified atom stereocenters. The number of carboxylic acids is 1. The molecule has 0 bridgehead atoms. The Hall–Kier alpha value is -4.36. The van der Waals surface area contributed by atoms with Gasteiger partial charge in [-0.05, 0) is 57.8 Å². The number of benzene rings is 4. The molecule has 0 saturated heterocycles. The Balaban J connectivity index is 1.48. The fraction of sp³-hybridized carbons (Fsp3) is 0.0370. The van der Waals surface area contributed by atoms with Crippen molar-refractivity contribution in [3.63, 3.8) is 0 Å². The summed E-state index contributed by atoms with van der Waals surface area (Å²) in [5, 5.41) is 20.9. The lowest BCUT2D eigenvalue weighted by Crippen LogP contribution is -1.96. The van der Waals surface area contributed by atoms with E-state index in [-0.39, 0.29) is 5.56 Å². The zero-order chi connectivity index (χ0) is 21.6. The van der Waals surface area contributed by atoms with Gasteiger partial charge >= 0.3 is 5.97 Å². The van der Waals surface area contributed by atoms with E-state index < -0.39 is 5.97 Å². The smallest absolute Gasteiger partial charge is 0.335 e. The van der Waals surface area contributed by atoms with Gasteiger partial charge in [-0.3, -0.25) is 0 Å². The molecule has 0 fully saturated rings. The van der Waals surface area contributed by atoms with Crippen LogP contribution in [0.25, 0.3) is 22.4 Å². The number of ether oxygens (including phenoxy) is 1. The molecule has 0 aromatic heterocycles. The summed E-state index contributed by atoms with van der Waals surface area (Å²) in [7, 11) is 0. The Bertz CT molecular complexity index is 1290. The predicted molar refractivity (Wildman–Crippen MR) is 122 cm³/mol. The van der Waals surface area contributed by atoms with Crippen LogP contribution in [-0.2, 0) is 6.61 Å². The lowest BCUT2D eigenvalue weighted by Gasteiger charge is -2.09. The number of carboxylic acid groups (broad SMARTS) is 1. The van der Waals surface area contributed by atoms with Gasteiger partial charge in [0.15, 0.2) is 0 Å². The predicted octanol–water partition coefficient (Wildman–Crippen LogP) is 6.18. The van der Waals surface area contributed by atoms with Gasteiger partial charge in [0.1, 0.15) is 12.4 Å². The van der Waals surface area contributed by atoms with Crippen molar-refractivity contribution in [1.82, 2.24) is 0 Å². The third-order valence-corrected chi connectivity index (χ3v) is 5.03. The number of nitriles is 1. The molecular weight excluding hydrogens is 386 g/mol. The van der Waals surface area contributed by atoms with E-state index in [0.717, 1.165) is 16.9 Å². The van der Waals surface area contributed by atoms with Crippen molar-refractivity contribution in [3.05, 3.63) is 113 Å². The van der Waals surface area contributed by atoms with Gasteiger partial charge < -0.3 is 9.84 Å². The summed E-state index contributed by atoms with van der Waals surface area (Å²) >= 11 is 0. The van der Waals surface area contributed by atoms with E-state index in [4.69, 9.17) is 9.84 Å². The molecule has 0 saturated carbocycles. The zero-order valence-electron chi connectivity index (χ0n) is 16.7. The van der Waals surface area contributed by atoms with E-state index >= 15 is 0 Å². The fourth-order valence-corrected chi connectivity index (χ4v) is 3.38. The molecule has 0 aliphatic carbocycles. The van der Waals surface area contributed by atoms with E-state index in [0.29, 0.717) is 17.7 Å². The Morgan fingerprint density at radius 1 is 0.871 bits per heavy atom. The summed E-state index contributed by atoms with van der Waals surface area (Å²) in [4.78, 5) is 11.0. The van der Waals surface area contributed by atoms with Gasteiger partial charge in [-0.15, -0.1) is 0 Å². The van der Waals surface area contributed by atoms with Crippen molar-refractivity contribution in [2.75, 3.05) is 0 Å². The standard InChI is InChI=1S/C27H19NO3/c28-17-24(20-10-12-22(13-11-20)27(29)30)16-19-8-14-25(15-9-19)31-18-23-6-3-5-21-4-1-2-7-26(21)23/h1-16H,18H2,(H,29,30)/b24-16-. The lowest BCUT2D eigenvalue weighted by molar-refractivity contribution is 0.0697. The molecule has 0 radical (unpaired) electrons. The molecule has 4 aromatic rings. The van der Waals surface area contributed by atoms with Crippen LogP contribution < -0.4 is 4.74 Å². The first kappa shape index (κ1) is 19.9. The van der Waals surface area contributed by atoms with Crippen molar-refractivity contribution >= 4 is 28.4 Å². The number of aromatic carboxylic acids is 1. The van der Waals surface area contributed by atoms with Crippen LogP contribution in [0.4, 0.5) is 0 Å². The van der Waals surface area contributed by atoms with Crippen LogP contribution in [0.3, 0.4) is 0 Å². The van der Waals surface area contributed by atoms with Crippen LogP contribution in [0.2, 0.25) is 0 Å². The van der Waals surface area contributed by atoms with Crippen LogP contribution in [0.1, 0.15) is 27.0 Å². The van der Waals surface area contributed by atoms with Crippen LogP contribution >= 0.6 is 0 Å². The van der Waals surface area contributed by atoms with Gasteiger partial charge in [-0.25, -0.2) is 4.79 Å². The summed E-state index contributed by atoms with van der Waals surface area (Å²) in [6.07, 6.45) is 1.77. The number of carbonyl (C=O) groups is 1. The first-order chi connectivity index (χ1) is 15.1. The number of allylic oxidation sites excluding steroid dienone is 1. The zero-order valence-corrected chi connectivity index (χ0v) is 16.7. The molecule has 0 heterocycles. The van der Waals surface area contributed by atoms with Gasteiger partial charge in [0.25, 0.3) is 0 Å². The molecule has 31 heavy (non-hydrogen) atoms. The first-order valence-electron chi connectivity index (χ1n) is 9.79. The van der Waals surface area contributed by atoms with Crippen LogP contribution in [0.15, 0.2) is 91.0 Å². The van der Waals surface area contributed by atoms with Crippen molar-refractivity contribution in [2.45, 2.75) is 6.61 Å². The second-order valence-electron chi connectivity index (χ2n) is 7.05. The summed E-state index contributed by atoms with van der Waals surface area (Å²) in [6, 6.07) is 30.4. The van der Waals surface area contributed by atoms with E-state index in [9.17, 15) is 10.1 Å². The molecule has 0 atom stereocenters. The largest absolute Gasteiger partial charge is 0.489 e. The fourth-order valence-electron chi connectivity index (χ4n) is 3.38. The maximum Gasteiger partial charge on any atom is 0.335 e. The minimum Gasteiger partial charge on any atom is -0.489 e. The maximum absolute atomic E-state index is 11.0. The Kier molecular flexibility index (Phi) is 5.77. The maximum atomic E-state index is 11.0. The molecule has 0 aliphatic rings. The van der Waals surface area contributed by atoms with E-state index in [1.807, 2.05) is 42.5 Å². The Morgan fingerprint density at radius 3 is 2.26 bits per heavy atom. The molecule has 4 heteroatoms. The van der Waals surface area contributed by atoms with Gasteiger partial charge in [-0.1, -0.05) is 66.7 Å². The Morgan fingerprint density at radius 2 is 1.55 bits per heavy atom. The number of hydrogen-bond donors (Lipinski definition) is 1. The van der Waals surface area contributed by atoms with Crippen molar-refractivity contribution in [3.8, 4) is 11.8 Å². The van der Waals surface area contributed by atoms with Crippen LogP contribution in [-0.4, -0.2) is 11.1 Å². The molecule has 4 rings (SSSR count). The quantitative estimate of drug-likeness (QED) is 0.307. The summed E-state index contributed by atoms with van der Waals surface area (Å²) < 4.78 is 5.97. The average molecular weight is 405 g/mol. The third-order valence-electron chi connectivity index (χ3n) is 5.03. The number of fused-ring (bicyclic) bond motifs is 1. The number of nitrogens with zero attached hydrogens (tertiary/aromatic N) is 1. The van der Waals surface area contributed by atoms with Crippen molar-refractivity contribution < 1.29 is 14.6 Å². The van der Waals surface area contributed by atoms with Crippen LogP contribution in [0, 0.1) is 11.3 Å². The number of hydrogen-bond acceptors (Lipinski definition) is 3. The van der Waals surface area contributed by atoms with E-state index in [2.05, 4.69) is 30.3 Å². The minimum absolute atomic E-state index is 0.189. The highest BCUT2D eigenvalue weighted by Gasteiger charge is 2.06. The summed E-state index contributed by atoms with van der Waals surface area (Å²) in [6.45, 7) is 0.468. The molecule has 0 amide bonds. The van der Waals surface area contributed by atoms with Gasteiger partial charge in [0.2, 0.25) is 0 Å². The second kappa shape index (κ2) is 8.98. The molecule has 0 aliphatic heterocycles. The highest BCUT2D eigenvalue weighted by atomic mass is 16.5. The highest BCUT2D eigenvalue weighted by molar-refractivity contribution is 5.92. The molecule has 150 valence electrons. The van der Waals surface area contributed by atoms with E-state index in [1.54, 1.807) is 18.2 Å². The van der Waals surface area contributed by atoms with Crippen molar-refractivity contribution in [2.24, 2.45) is 0 Å². The normalized spacial score (nSPS) is 11.1. The molecule has 4 aromatic carbocycles. The average Bonchev–Trinajstić information content (AvgIpc) is 2.82. The second-order valence-corrected chi connectivity index (χ2v) is 7.05. The molecule has 4 nitrogen and oxygen atoms in total. The summed E-state index contributed by atoms with van der Waals surface area (Å²) in [5.74, 6) is -0.248. The lowest BCUT2D eigenvalue weighted by atomic mass is 10.0. The number of rotatable bonds is 6. The summed E-state index contributed by atoms with van der Waals surface area (Å²) in [5.41, 5.74) is 3.30. The third kappa shape index (κ3) is 4.63. The highest BCUT2D eigenvalue weighted by Crippen LogP contribution is 2.23. The molecule has 0 spiro atoms. The Labute approximate surface area is 180 Å². The van der Waals surface area contributed by atoms with Crippen molar-refractivity contribution in [1.29, 1.82) is 5.26 Å². The minimum atomic E-state index is -0.992.